The molecule has 2 heterocycles. The summed E-state index contributed by atoms with van der Waals surface area (Å²) < 4.78 is 1.62. The molecule has 202 valence electrons. The van der Waals surface area contributed by atoms with E-state index in [2.05, 4.69) is 59.5 Å². The number of benzene rings is 3. The van der Waals surface area contributed by atoms with Crippen LogP contribution in [0.25, 0.3) is 10.9 Å². The van der Waals surface area contributed by atoms with E-state index in [4.69, 9.17) is 28.2 Å². The van der Waals surface area contributed by atoms with Crippen molar-refractivity contribution in [2.75, 3.05) is 25.0 Å². The lowest BCUT2D eigenvalue weighted by molar-refractivity contribution is 0.303. The maximum absolute atomic E-state index is 13.2. The SMILES string of the molecule is Cc1cccc(C)c1N=C(Nc1ccc2c(=O)n(CCc3ccc(Cl)cc3Cl)cnc2c1)N1CCN[C@H](C)C1. The van der Waals surface area contributed by atoms with Crippen LogP contribution in [0.1, 0.15) is 23.6 Å². The molecule has 0 amide bonds. The van der Waals surface area contributed by atoms with Crippen molar-refractivity contribution >= 4 is 51.4 Å². The lowest BCUT2D eigenvalue weighted by Crippen LogP contribution is -2.53. The summed E-state index contributed by atoms with van der Waals surface area (Å²) in [6, 6.07) is 17.6. The van der Waals surface area contributed by atoms with Gasteiger partial charge in [-0.05, 0) is 74.2 Å². The van der Waals surface area contributed by atoms with Crippen molar-refractivity contribution in [2.45, 2.75) is 39.8 Å². The maximum Gasteiger partial charge on any atom is 0.261 e. The Balaban J connectivity index is 1.42. The number of aryl methyl sites for hydroxylation is 4. The summed E-state index contributed by atoms with van der Waals surface area (Å²) in [5.74, 6) is 0.785. The fraction of sp³-hybridized carbons (Fsp3) is 0.300. The molecule has 1 aliphatic rings. The van der Waals surface area contributed by atoms with Gasteiger partial charge in [0.05, 0.1) is 22.9 Å². The number of halogens is 2. The summed E-state index contributed by atoms with van der Waals surface area (Å²) in [6.07, 6.45) is 2.20. The van der Waals surface area contributed by atoms with Gasteiger partial charge in [-0.2, -0.15) is 0 Å². The van der Waals surface area contributed by atoms with Gasteiger partial charge in [0, 0.05) is 48.0 Å². The van der Waals surface area contributed by atoms with E-state index in [1.807, 2.05) is 24.3 Å². The number of para-hydroxylation sites is 1. The normalized spacial score (nSPS) is 16.1. The third-order valence-electron chi connectivity index (χ3n) is 7.04. The Labute approximate surface area is 238 Å². The second kappa shape index (κ2) is 11.8. The first-order chi connectivity index (χ1) is 18.8. The van der Waals surface area contributed by atoms with Gasteiger partial charge < -0.3 is 15.5 Å². The van der Waals surface area contributed by atoms with Crippen molar-refractivity contribution in [3.8, 4) is 0 Å². The van der Waals surface area contributed by atoms with Crippen molar-refractivity contribution < 1.29 is 0 Å². The minimum Gasteiger partial charge on any atom is -0.340 e. The van der Waals surface area contributed by atoms with Crippen molar-refractivity contribution in [1.29, 1.82) is 0 Å². The molecule has 0 unspecified atom stereocenters. The summed E-state index contributed by atoms with van der Waals surface area (Å²) in [4.78, 5) is 25.2. The van der Waals surface area contributed by atoms with E-state index < -0.39 is 0 Å². The molecule has 1 aliphatic heterocycles. The highest BCUT2D eigenvalue weighted by Crippen LogP contribution is 2.25. The van der Waals surface area contributed by atoms with E-state index in [9.17, 15) is 4.79 Å². The highest BCUT2D eigenvalue weighted by molar-refractivity contribution is 6.35. The Morgan fingerprint density at radius 3 is 2.67 bits per heavy atom. The van der Waals surface area contributed by atoms with Crippen LogP contribution in [0.3, 0.4) is 0 Å². The van der Waals surface area contributed by atoms with Crippen LogP contribution in [0.15, 0.2) is 70.7 Å². The van der Waals surface area contributed by atoms with Crippen LogP contribution in [-0.4, -0.2) is 46.1 Å². The largest absolute Gasteiger partial charge is 0.340 e. The van der Waals surface area contributed by atoms with E-state index in [1.54, 1.807) is 23.0 Å². The molecule has 0 spiro atoms. The molecule has 7 nitrogen and oxygen atoms in total. The van der Waals surface area contributed by atoms with Crippen molar-refractivity contribution in [1.82, 2.24) is 19.8 Å². The number of guanidine groups is 1. The Morgan fingerprint density at radius 2 is 1.92 bits per heavy atom. The second-order valence-electron chi connectivity index (χ2n) is 10.1. The molecule has 2 N–H and O–H groups in total. The van der Waals surface area contributed by atoms with E-state index in [0.717, 1.165) is 53.7 Å². The monoisotopic (exact) mass is 562 g/mol. The zero-order valence-corrected chi connectivity index (χ0v) is 23.9. The van der Waals surface area contributed by atoms with Gasteiger partial charge in [-0.15, -0.1) is 0 Å². The third kappa shape index (κ3) is 6.27. The average molecular weight is 564 g/mol. The zero-order chi connectivity index (χ0) is 27.5. The number of nitrogens with one attached hydrogen (secondary N) is 2. The van der Waals surface area contributed by atoms with Gasteiger partial charge in [0.25, 0.3) is 5.56 Å². The number of rotatable bonds is 5. The Kier molecular flexibility index (Phi) is 8.21. The van der Waals surface area contributed by atoms with E-state index >= 15 is 0 Å². The summed E-state index contributed by atoms with van der Waals surface area (Å²) >= 11 is 12.3. The fourth-order valence-corrected chi connectivity index (χ4v) is 5.38. The lowest BCUT2D eigenvalue weighted by Gasteiger charge is -2.34. The number of fused-ring (bicyclic) bond motifs is 1. The minimum absolute atomic E-state index is 0.0861. The molecule has 0 aliphatic carbocycles. The minimum atomic E-state index is -0.0861. The van der Waals surface area contributed by atoms with Crippen LogP contribution in [-0.2, 0) is 13.0 Å². The fourth-order valence-electron chi connectivity index (χ4n) is 4.88. The Morgan fingerprint density at radius 1 is 1.13 bits per heavy atom. The summed E-state index contributed by atoms with van der Waals surface area (Å²) in [7, 11) is 0. The van der Waals surface area contributed by atoms with Crippen LogP contribution < -0.4 is 16.2 Å². The molecule has 4 aromatic rings. The zero-order valence-electron chi connectivity index (χ0n) is 22.3. The molecular formula is C30H32Cl2N6O. The number of anilines is 1. The topological polar surface area (TPSA) is 74.5 Å². The van der Waals surface area contributed by atoms with Gasteiger partial charge >= 0.3 is 0 Å². The molecule has 39 heavy (non-hydrogen) atoms. The van der Waals surface area contributed by atoms with Gasteiger partial charge in [-0.1, -0.05) is 47.5 Å². The Hall–Kier alpha value is -3.39. The molecule has 0 saturated carbocycles. The van der Waals surface area contributed by atoms with Crippen molar-refractivity contribution in [2.24, 2.45) is 4.99 Å². The van der Waals surface area contributed by atoms with Gasteiger partial charge in [0.2, 0.25) is 5.96 Å². The molecule has 1 fully saturated rings. The molecule has 3 aromatic carbocycles. The molecule has 5 rings (SSSR count). The number of piperazine rings is 1. The molecular weight excluding hydrogens is 531 g/mol. The number of hydrogen-bond donors (Lipinski definition) is 2. The standard InChI is InChI=1S/C30H32Cl2N6O/c1-19-5-4-6-20(2)28(19)36-30(37-14-12-33-21(3)17-37)35-24-9-10-25-27(16-24)34-18-38(29(25)39)13-11-22-7-8-23(31)15-26(22)32/h4-10,15-16,18,21,33H,11-14,17H2,1-3H3,(H,35,36)/t21-/m1/s1. The van der Waals surface area contributed by atoms with Crippen molar-refractivity contribution in [3.05, 3.63) is 98.0 Å². The van der Waals surface area contributed by atoms with Gasteiger partial charge in [0.1, 0.15) is 0 Å². The maximum atomic E-state index is 13.2. The van der Waals surface area contributed by atoms with E-state index in [0.29, 0.717) is 40.0 Å². The smallest absolute Gasteiger partial charge is 0.261 e. The van der Waals surface area contributed by atoms with Gasteiger partial charge in [-0.3, -0.25) is 9.36 Å². The quantitative estimate of drug-likeness (QED) is 0.232. The summed E-state index contributed by atoms with van der Waals surface area (Å²) in [5, 5.41) is 8.77. The number of hydrogen-bond acceptors (Lipinski definition) is 4. The molecule has 1 atom stereocenters. The van der Waals surface area contributed by atoms with Crippen LogP contribution in [0.2, 0.25) is 10.0 Å². The first kappa shape index (κ1) is 27.2. The number of aliphatic imine (C=N–C) groups is 1. The Bertz CT molecular complexity index is 1580. The van der Waals surface area contributed by atoms with Crippen LogP contribution in [0.4, 0.5) is 11.4 Å². The van der Waals surface area contributed by atoms with Crippen LogP contribution in [0.5, 0.6) is 0 Å². The number of aromatic nitrogens is 2. The van der Waals surface area contributed by atoms with E-state index in [1.165, 1.54) is 0 Å². The highest BCUT2D eigenvalue weighted by atomic mass is 35.5. The van der Waals surface area contributed by atoms with Crippen molar-refractivity contribution in [3.63, 3.8) is 0 Å². The lowest BCUT2D eigenvalue weighted by atomic mass is 10.1. The highest BCUT2D eigenvalue weighted by Gasteiger charge is 2.20. The third-order valence-corrected chi connectivity index (χ3v) is 7.63. The first-order valence-electron chi connectivity index (χ1n) is 13.1. The molecule has 0 radical (unpaired) electrons. The molecule has 1 saturated heterocycles. The molecule has 1 aromatic heterocycles. The average Bonchev–Trinajstić information content (AvgIpc) is 2.90. The molecule has 0 bridgehead atoms. The van der Waals surface area contributed by atoms with Gasteiger partial charge in [-0.25, -0.2) is 9.98 Å². The summed E-state index contributed by atoms with van der Waals surface area (Å²) in [5.41, 5.74) is 5.52. The van der Waals surface area contributed by atoms with Crippen LogP contribution >= 0.6 is 23.2 Å². The second-order valence-corrected chi connectivity index (χ2v) is 10.9. The predicted octanol–water partition coefficient (Wildman–Crippen LogP) is 5.96. The van der Waals surface area contributed by atoms with Gasteiger partial charge in [0.15, 0.2) is 0 Å². The predicted molar refractivity (Wildman–Crippen MR) is 162 cm³/mol. The summed E-state index contributed by atoms with van der Waals surface area (Å²) in [6.45, 7) is 9.37. The first-order valence-corrected chi connectivity index (χ1v) is 13.9. The van der Waals surface area contributed by atoms with Crippen LogP contribution in [0, 0.1) is 13.8 Å². The van der Waals surface area contributed by atoms with E-state index in [-0.39, 0.29) is 5.56 Å². The molecule has 9 heteroatoms. The number of nitrogens with zero attached hydrogens (tertiary/aromatic N) is 4.